The minimum absolute atomic E-state index is 0.0233. The van der Waals surface area contributed by atoms with Crippen molar-refractivity contribution in [1.82, 2.24) is 0 Å². The predicted molar refractivity (Wildman–Crippen MR) is 93.6 cm³/mol. The highest BCUT2D eigenvalue weighted by Crippen LogP contribution is 2.30. The molecule has 0 radical (unpaired) electrons. The largest absolute Gasteiger partial charge is 0.326 e. The molecule has 1 saturated carbocycles. The summed E-state index contributed by atoms with van der Waals surface area (Å²) in [5, 5.41) is 22.9. The number of hydrogen-bond donors (Lipinski definition) is 1. The van der Waals surface area contributed by atoms with Gasteiger partial charge in [0, 0.05) is 29.3 Å². The van der Waals surface area contributed by atoms with Crippen molar-refractivity contribution < 1.29 is 14.5 Å². The molecular weight excluding hydrogens is 334 g/mol. The number of nitrogens with zero attached hydrogens (tertiary/aromatic N) is 2. The molecule has 1 aliphatic rings. The Balaban J connectivity index is 1.74. The Morgan fingerprint density at radius 1 is 1.12 bits per heavy atom. The SMILES string of the molecule is N#C[C@@H](C(=O)c1ccc(NC(=O)C2CC2)cc1)c1ccc([N+](=O)[O-])cc1. The fraction of sp³-hybridized carbons (Fsp3) is 0.211. The van der Waals surface area contributed by atoms with Crippen molar-refractivity contribution in [2.45, 2.75) is 18.8 Å². The van der Waals surface area contributed by atoms with E-state index < -0.39 is 16.6 Å². The first-order valence-electron chi connectivity index (χ1n) is 8.08. The lowest BCUT2D eigenvalue weighted by Gasteiger charge is -2.10. The molecule has 2 aromatic carbocycles. The Hall–Kier alpha value is -3.53. The number of nitriles is 1. The highest BCUT2D eigenvalue weighted by Gasteiger charge is 2.29. The van der Waals surface area contributed by atoms with Crippen LogP contribution in [0.2, 0.25) is 0 Å². The maximum absolute atomic E-state index is 12.6. The number of nitro groups is 1. The summed E-state index contributed by atoms with van der Waals surface area (Å²) in [5.41, 5.74) is 1.23. The van der Waals surface area contributed by atoms with Gasteiger partial charge in [0.15, 0.2) is 5.78 Å². The van der Waals surface area contributed by atoms with Gasteiger partial charge < -0.3 is 5.32 Å². The Kier molecular flexibility index (Phi) is 4.76. The summed E-state index contributed by atoms with van der Waals surface area (Å²) in [6.07, 6.45) is 1.81. The van der Waals surface area contributed by atoms with Gasteiger partial charge in [0.25, 0.3) is 5.69 Å². The van der Waals surface area contributed by atoms with E-state index in [-0.39, 0.29) is 17.5 Å². The summed E-state index contributed by atoms with van der Waals surface area (Å²) in [7, 11) is 0. The Morgan fingerprint density at radius 3 is 2.23 bits per heavy atom. The number of ketones is 1. The molecule has 0 heterocycles. The number of benzene rings is 2. The molecule has 1 fully saturated rings. The number of anilines is 1. The normalized spacial score (nSPS) is 14.1. The zero-order valence-corrected chi connectivity index (χ0v) is 13.7. The first-order chi connectivity index (χ1) is 12.5. The number of carbonyl (C=O) groups is 2. The van der Waals surface area contributed by atoms with E-state index in [4.69, 9.17) is 0 Å². The third kappa shape index (κ3) is 3.75. The van der Waals surface area contributed by atoms with Crippen LogP contribution in [0.4, 0.5) is 11.4 Å². The van der Waals surface area contributed by atoms with Crippen molar-refractivity contribution in [2.75, 3.05) is 5.32 Å². The summed E-state index contributed by atoms with van der Waals surface area (Å²) in [5.74, 6) is -1.39. The molecule has 0 unspecified atom stereocenters. The van der Waals surface area contributed by atoms with Gasteiger partial charge in [-0.3, -0.25) is 19.7 Å². The quantitative estimate of drug-likeness (QED) is 0.487. The van der Waals surface area contributed by atoms with Gasteiger partial charge >= 0.3 is 0 Å². The van der Waals surface area contributed by atoms with Crippen LogP contribution < -0.4 is 5.32 Å². The van der Waals surface area contributed by atoms with E-state index in [1.165, 1.54) is 24.3 Å². The third-order valence-electron chi connectivity index (χ3n) is 4.21. The van der Waals surface area contributed by atoms with Gasteiger partial charge in [-0.15, -0.1) is 0 Å². The minimum Gasteiger partial charge on any atom is -0.326 e. The smallest absolute Gasteiger partial charge is 0.269 e. The van der Waals surface area contributed by atoms with Crippen molar-refractivity contribution in [3.05, 3.63) is 69.8 Å². The molecule has 0 spiro atoms. The molecular formula is C19H15N3O4. The van der Waals surface area contributed by atoms with E-state index in [1.807, 2.05) is 6.07 Å². The molecule has 1 atom stereocenters. The van der Waals surface area contributed by atoms with Gasteiger partial charge in [-0.2, -0.15) is 5.26 Å². The van der Waals surface area contributed by atoms with E-state index in [9.17, 15) is 25.0 Å². The molecule has 0 aliphatic heterocycles. The van der Waals surface area contributed by atoms with Crippen LogP contribution in [0.1, 0.15) is 34.7 Å². The first kappa shape index (κ1) is 17.3. The van der Waals surface area contributed by atoms with Crippen molar-refractivity contribution in [3.8, 4) is 6.07 Å². The number of Topliss-reactive ketones (excluding diaryl/α,β-unsaturated/α-hetero) is 1. The molecule has 130 valence electrons. The van der Waals surface area contributed by atoms with Crippen LogP contribution in [-0.2, 0) is 4.79 Å². The maximum Gasteiger partial charge on any atom is 0.269 e. The van der Waals surface area contributed by atoms with Crippen LogP contribution in [-0.4, -0.2) is 16.6 Å². The highest BCUT2D eigenvalue weighted by molar-refractivity contribution is 6.03. The topological polar surface area (TPSA) is 113 Å². The molecule has 7 nitrogen and oxygen atoms in total. The molecule has 0 aromatic heterocycles. The van der Waals surface area contributed by atoms with Crippen molar-refractivity contribution >= 4 is 23.1 Å². The lowest BCUT2D eigenvalue weighted by atomic mass is 9.91. The van der Waals surface area contributed by atoms with Crippen LogP contribution >= 0.6 is 0 Å². The lowest BCUT2D eigenvalue weighted by molar-refractivity contribution is -0.384. The standard InChI is InChI=1S/C19H15N3O4/c20-11-17(12-5-9-16(10-6-12)22(25)26)18(23)13-3-7-15(8-4-13)21-19(24)14-1-2-14/h3-10,14,17H,1-2H2,(H,21,24)/t17-/m1/s1. The number of rotatable bonds is 6. The van der Waals surface area contributed by atoms with Crippen LogP contribution in [0.5, 0.6) is 0 Å². The number of amides is 1. The van der Waals surface area contributed by atoms with Crippen LogP contribution in [0.15, 0.2) is 48.5 Å². The summed E-state index contributed by atoms with van der Waals surface area (Å²) < 4.78 is 0. The first-order valence-corrected chi connectivity index (χ1v) is 8.08. The monoisotopic (exact) mass is 349 g/mol. The summed E-state index contributed by atoms with van der Waals surface area (Å²) in [6, 6.07) is 13.7. The second kappa shape index (κ2) is 7.15. The Labute approximate surface area is 149 Å². The third-order valence-corrected chi connectivity index (χ3v) is 4.21. The van der Waals surface area contributed by atoms with E-state index >= 15 is 0 Å². The van der Waals surface area contributed by atoms with Crippen LogP contribution in [0.3, 0.4) is 0 Å². The Morgan fingerprint density at radius 2 is 1.73 bits per heavy atom. The van der Waals surface area contributed by atoms with E-state index in [1.54, 1.807) is 24.3 Å². The van der Waals surface area contributed by atoms with E-state index in [2.05, 4.69) is 5.32 Å². The van der Waals surface area contributed by atoms with Crippen LogP contribution in [0.25, 0.3) is 0 Å². The molecule has 1 amide bonds. The maximum atomic E-state index is 12.6. The molecule has 1 N–H and O–H groups in total. The summed E-state index contributed by atoms with van der Waals surface area (Å²) in [6.45, 7) is 0. The average molecular weight is 349 g/mol. The Bertz CT molecular complexity index is 894. The molecule has 26 heavy (non-hydrogen) atoms. The van der Waals surface area contributed by atoms with E-state index in [0.717, 1.165) is 12.8 Å². The molecule has 7 heteroatoms. The van der Waals surface area contributed by atoms with Gasteiger partial charge in [-0.1, -0.05) is 12.1 Å². The molecule has 0 bridgehead atoms. The summed E-state index contributed by atoms with van der Waals surface area (Å²) >= 11 is 0. The molecule has 0 saturated heterocycles. The zero-order valence-electron chi connectivity index (χ0n) is 13.7. The second-order valence-corrected chi connectivity index (χ2v) is 6.12. The van der Waals surface area contributed by atoms with Gasteiger partial charge in [-0.05, 0) is 42.7 Å². The zero-order chi connectivity index (χ0) is 18.7. The number of hydrogen-bond acceptors (Lipinski definition) is 5. The number of non-ortho nitro benzene ring substituents is 1. The van der Waals surface area contributed by atoms with Crippen molar-refractivity contribution in [3.63, 3.8) is 0 Å². The van der Waals surface area contributed by atoms with Crippen LogP contribution in [0, 0.1) is 27.4 Å². The van der Waals surface area contributed by atoms with Crippen molar-refractivity contribution in [2.24, 2.45) is 5.92 Å². The van der Waals surface area contributed by atoms with Gasteiger partial charge in [0.1, 0.15) is 5.92 Å². The van der Waals surface area contributed by atoms with Crippen molar-refractivity contribution in [1.29, 1.82) is 5.26 Å². The van der Waals surface area contributed by atoms with E-state index in [0.29, 0.717) is 16.8 Å². The number of carbonyl (C=O) groups excluding carboxylic acids is 2. The fourth-order valence-electron chi connectivity index (χ4n) is 2.55. The van der Waals surface area contributed by atoms with Gasteiger partial charge in [0.05, 0.1) is 11.0 Å². The highest BCUT2D eigenvalue weighted by atomic mass is 16.6. The molecule has 2 aromatic rings. The average Bonchev–Trinajstić information content (AvgIpc) is 3.48. The summed E-state index contributed by atoms with van der Waals surface area (Å²) in [4.78, 5) is 34.5. The number of nitrogens with one attached hydrogen (secondary N) is 1. The fourth-order valence-corrected chi connectivity index (χ4v) is 2.55. The minimum atomic E-state index is -1.05. The molecule has 1 aliphatic carbocycles. The number of nitro benzene ring substituents is 1. The van der Waals surface area contributed by atoms with Gasteiger partial charge in [0.2, 0.25) is 5.91 Å². The van der Waals surface area contributed by atoms with Gasteiger partial charge in [-0.25, -0.2) is 0 Å². The molecule has 3 rings (SSSR count). The lowest BCUT2D eigenvalue weighted by Crippen LogP contribution is -2.14. The second-order valence-electron chi connectivity index (χ2n) is 6.12. The predicted octanol–water partition coefficient (Wildman–Crippen LogP) is 3.43.